The van der Waals surface area contributed by atoms with Crippen LogP contribution in [0.4, 0.5) is 0 Å². The number of H-pyrrole nitrogens is 1. The fraction of sp³-hybridized carbons (Fsp3) is 0.0714. The Kier molecular flexibility index (Phi) is 5.97. The predicted molar refractivity (Wildman–Crippen MR) is 80.8 cm³/mol. The summed E-state index contributed by atoms with van der Waals surface area (Å²) in [6.45, 7) is 0.640. The lowest BCUT2D eigenvalue weighted by Gasteiger charge is -1.90. The summed E-state index contributed by atoms with van der Waals surface area (Å²) in [5, 5.41) is 7.91. The molecule has 0 fully saturated rings. The summed E-state index contributed by atoms with van der Waals surface area (Å²) >= 11 is 0. The summed E-state index contributed by atoms with van der Waals surface area (Å²) in [5.74, 6) is 0. The third-order valence-electron chi connectivity index (χ3n) is 2.43. The molecule has 4 heteroatoms. The lowest BCUT2D eigenvalue weighted by molar-refractivity contribution is 1.07. The van der Waals surface area contributed by atoms with Gasteiger partial charge in [0.1, 0.15) is 0 Å². The van der Waals surface area contributed by atoms with Gasteiger partial charge in [0.15, 0.2) is 0 Å². The molecule has 0 amide bonds. The van der Waals surface area contributed by atoms with Crippen molar-refractivity contribution in [1.82, 2.24) is 10.2 Å². The van der Waals surface area contributed by atoms with Gasteiger partial charge in [-0.2, -0.15) is 18.6 Å². The van der Waals surface area contributed by atoms with E-state index < -0.39 is 0 Å². The lowest BCUT2D eigenvalue weighted by Crippen LogP contribution is -1.94. The molecule has 3 nitrogen and oxygen atoms in total. The van der Waals surface area contributed by atoms with Crippen molar-refractivity contribution >= 4 is 24.4 Å². The van der Waals surface area contributed by atoms with Crippen LogP contribution in [0.3, 0.4) is 0 Å². The Morgan fingerprint density at radius 2 is 1.61 bits per heavy atom. The van der Waals surface area contributed by atoms with Crippen LogP contribution in [0.25, 0.3) is 10.9 Å². The van der Waals surface area contributed by atoms with Gasteiger partial charge in [-0.15, -0.1) is 0 Å². The number of fused-ring (bicyclic) bond motifs is 1. The van der Waals surface area contributed by atoms with Crippen LogP contribution in [0, 0.1) is 0 Å². The van der Waals surface area contributed by atoms with E-state index in [9.17, 15) is 0 Å². The second-order valence-corrected chi connectivity index (χ2v) is 3.65. The molecule has 0 aliphatic carbocycles. The van der Waals surface area contributed by atoms with Gasteiger partial charge >= 0.3 is 0 Å². The number of para-hydroxylation sites is 1. The Labute approximate surface area is 113 Å². The Hall–Kier alpha value is -1.78. The molecule has 0 saturated carbocycles. The Morgan fingerprint density at radius 3 is 2.22 bits per heavy atom. The summed E-state index contributed by atoms with van der Waals surface area (Å²) in [7, 11) is 0. The van der Waals surface area contributed by atoms with Gasteiger partial charge in [0.05, 0.1) is 11.7 Å². The molecule has 3 aromatic rings. The predicted octanol–water partition coefficient (Wildman–Crippen LogP) is 2.82. The maximum absolute atomic E-state index is 5.35. The van der Waals surface area contributed by atoms with Crippen LogP contribution in [0.5, 0.6) is 0 Å². The first kappa shape index (κ1) is 14.3. The van der Waals surface area contributed by atoms with Crippen LogP contribution in [0.2, 0.25) is 0 Å². The Bertz CT molecular complexity index is 533. The number of nitrogens with zero attached hydrogens (tertiary/aromatic N) is 1. The first-order chi connectivity index (χ1) is 8.40. The van der Waals surface area contributed by atoms with Crippen molar-refractivity contribution in [3.05, 3.63) is 66.4 Å². The minimum absolute atomic E-state index is 0. The van der Waals surface area contributed by atoms with Gasteiger partial charge in [-0.3, -0.25) is 5.10 Å². The smallest absolute Gasteiger partial charge is 0.0650 e. The van der Waals surface area contributed by atoms with E-state index in [0.717, 1.165) is 10.9 Å². The molecule has 0 saturated heterocycles. The molecule has 1 heterocycles. The van der Waals surface area contributed by atoms with E-state index in [4.69, 9.17) is 5.73 Å². The maximum Gasteiger partial charge on any atom is 0.0650 e. The van der Waals surface area contributed by atoms with E-state index in [2.05, 4.69) is 10.2 Å². The number of rotatable bonds is 1. The SMILES string of the molecule is NCc1ccccc1.S.c1ccc2[nH]ncc2c1. The minimum atomic E-state index is 0. The van der Waals surface area contributed by atoms with Crippen LogP contribution in [-0.2, 0) is 6.54 Å². The van der Waals surface area contributed by atoms with Crippen molar-refractivity contribution in [2.24, 2.45) is 5.73 Å². The Morgan fingerprint density at radius 1 is 0.944 bits per heavy atom. The lowest BCUT2D eigenvalue weighted by atomic mass is 10.2. The normalized spacial score (nSPS) is 9.17. The van der Waals surface area contributed by atoms with Gasteiger partial charge in [-0.1, -0.05) is 48.5 Å². The van der Waals surface area contributed by atoms with Crippen molar-refractivity contribution in [2.45, 2.75) is 6.54 Å². The standard InChI is InChI=1S/C7H6N2.C7H9N.H2S/c1-2-4-7-6(3-1)5-8-9-7;8-6-7-4-2-1-3-5-7;/h1-5H,(H,8,9);1-5H,6,8H2;1H2. The van der Waals surface area contributed by atoms with Gasteiger partial charge in [0, 0.05) is 11.9 Å². The number of aromatic nitrogens is 2. The third kappa shape index (κ3) is 3.91. The number of hydrogen-bond acceptors (Lipinski definition) is 2. The summed E-state index contributed by atoms with van der Waals surface area (Å²) in [5.41, 5.74) is 7.63. The largest absolute Gasteiger partial charge is 0.326 e. The number of nitrogens with two attached hydrogens (primary N) is 1. The highest BCUT2D eigenvalue weighted by molar-refractivity contribution is 7.59. The number of benzene rings is 2. The number of nitrogens with one attached hydrogen (secondary N) is 1. The van der Waals surface area contributed by atoms with E-state index in [0.29, 0.717) is 6.54 Å². The monoisotopic (exact) mass is 259 g/mol. The van der Waals surface area contributed by atoms with Gasteiger partial charge in [-0.05, 0) is 11.6 Å². The molecule has 0 spiro atoms. The molecule has 0 atom stereocenters. The van der Waals surface area contributed by atoms with Crippen molar-refractivity contribution < 1.29 is 0 Å². The van der Waals surface area contributed by atoms with Gasteiger partial charge in [0.25, 0.3) is 0 Å². The highest BCUT2D eigenvalue weighted by Crippen LogP contribution is 2.06. The van der Waals surface area contributed by atoms with Gasteiger partial charge < -0.3 is 5.73 Å². The summed E-state index contributed by atoms with van der Waals surface area (Å²) < 4.78 is 0. The van der Waals surface area contributed by atoms with E-state index >= 15 is 0 Å². The van der Waals surface area contributed by atoms with Crippen LogP contribution >= 0.6 is 13.5 Å². The summed E-state index contributed by atoms with van der Waals surface area (Å²) in [6, 6.07) is 18.0. The van der Waals surface area contributed by atoms with Crippen LogP contribution in [0.1, 0.15) is 5.56 Å². The quantitative estimate of drug-likeness (QED) is 0.706. The van der Waals surface area contributed by atoms with Crippen molar-refractivity contribution in [3.63, 3.8) is 0 Å². The zero-order chi connectivity index (χ0) is 11.9. The van der Waals surface area contributed by atoms with Gasteiger partial charge in [0.2, 0.25) is 0 Å². The first-order valence-electron chi connectivity index (χ1n) is 5.52. The van der Waals surface area contributed by atoms with E-state index in [1.807, 2.05) is 60.8 Å². The van der Waals surface area contributed by atoms with Crippen LogP contribution in [0.15, 0.2) is 60.8 Å². The van der Waals surface area contributed by atoms with Crippen LogP contribution in [-0.4, -0.2) is 10.2 Å². The van der Waals surface area contributed by atoms with Gasteiger partial charge in [-0.25, -0.2) is 0 Å². The molecule has 2 aromatic carbocycles. The molecule has 0 bridgehead atoms. The highest BCUT2D eigenvalue weighted by atomic mass is 32.1. The van der Waals surface area contributed by atoms with Crippen molar-refractivity contribution in [2.75, 3.05) is 0 Å². The number of aromatic amines is 1. The molecule has 0 aliphatic rings. The molecule has 0 radical (unpaired) electrons. The van der Waals surface area contributed by atoms with E-state index in [-0.39, 0.29) is 13.5 Å². The Balaban J connectivity index is 0.000000172. The molecule has 1 aromatic heterocycles. The third-order valence-corrected chi connectivity index (χ3v) is 2.43. The molecule has 3 rings (SSSR count). The maximum atomic E-state index is 5.35. The second kappa shape index (κ2) is 7.53. The molecule has 94 valence electrons. The average molecular weight is 259 g/mol. The topological polar surface area (TPSA) is 54.7 Å². The van der Waals surface area contributed by atoms with E-state index in [1.54, 1.807) is 0 Å². The van der Waals surface area contributed by atoms with E-state index in [1.165, 1.54) is 5.56 Å². The molecule has 0 aliphatic heterocycles. The average Bonchev–Trinajstić information content (AvgIpc) is 2.89. The second-order valence-electron chi connectivity index (χ2n) is 3.65. The van der Waals surface area contributed by atoms with Crippen LogP contribution < -0.4 is 5.73 Å². The zero-order valence-corrected chi connectivity index (χ0v) is 11.0. The fourth-order valence-electron chi connectivity index (χ4n) is 1.50. The molecule has 0 unspecified atom stereocenters. The highest BCUT2D eigenvalue weighted by Gasteiger charge is 1.88. The molecule has 18 heavy (non-hydrogen) atoms. The fourth-order valence-corrected chi connectivity index (χ4v) is 1.50. The zero-order valence-electron chi connectivity index (χ0n) is 10.0. The number of hydrogen-bond donors (Lipinski definition) is 2. The summed E-state index contributed by atoms with van der Waals surface area (Å²) in [4.78, 5) is 0. The van der Waals surface area contributed by atoms with Crippen molar-refractivity contribution in [3.8, 4) is 0 Å². The summed E-state index contributed by atoms with van der Waals surface area (Å²) in [6.07, 6.45) is 1.81. The molecule has 3 N–H and O–H groups in total. The molecular formula is C14H17N3S. The molecular weight excluding hydrogens is 242 g/mol. The first-order valence-corrected chi connectivity index (χ1v) is 5.52. The minimum Gasteiger partial charge on any atom is -0.326 e. The van der Waals surface area contributed by atoms with Crippen molar-refractivity contribution in [1.29, 1.82) is 0 Å².